The summed E-state index contributed by atoms with van der Waals surface area (Å²) in [6, 6.07) is 22.0. The zero-order chi connectivity index (χ0) is 23.2. The van der Waals surface area contributed by atoms with Crippen LogP contribution in [0.3, 0.4) is 0 Å². The number of aromatic nitrogens is 1. The van der Waals surface area contributed by atoms with Crippen LogP contribution in [0.4, 0.5) is 5.69 Å². The monoisotopic (exact) mass is 457 g/mol. The second kappa shape index (κ2) is 10.5. The standard InChI is InChI=1S/C27H27N3O2S/c1-18-3-10-25(19(2)13-18)27(31)32-17-20-4-6-21(7-5-20)26(15-28)33-30-24-9-8-23-16-29-12-11-22(23)14-24/h3-14,16,26,30H,15,17,28H2,1-2H3. The Morgan fingerprint density at radius 1 is 1.03 bits per heavy atom. The number of aryl methyl sites for hydroxylation is 2. The van der Waals surface area contributed by atoms with Crippen LogP contribution < -0.4 is 10.5 Å². The molecule has 0 aliphatic heterocycles. The maximum absolute atomic E-state index is 12.4. The minimum atomic E-state index is -0.303. The number of hydrogen-bond acceptors (Lipinski definition) is 6. The molecule has 0 bridgehead atoms. The van der Waals surface area contributed by atoms with Crippen LogP contribution >= 0.6 is 11.9 Å². The van der Waals surface area contributed by atoms with Crippen molar-refractivity contribution in [2.75, 3.05) is 11.3 Å². The topological polar surface area (TPSA) is 77.2 Å². The summed E-state index contributed by atoms with van der Waals surface area (Å²) in [5.74, 6) is -0.303. The van der Waals surface area contributed by atoms with Gasteiger partial charge >= 0.3 is 5.97 Å². The number of carbonyl (C=O) groups is 1. The summed E-state index contributed by atoms with van der Waals surface area (Å²) in [5.41, 5.74) is 11.8. The molecular formula is C27H27N3O2S. The van der Waals surface area contributed by atoms with Gasteiger partial charge in [0.25, 0.3) is 0 Å². The third kappa shape index (κ3) is 5.72. The smallest absolute Gasteiger partial charge is 0.338 e. The lowest BCUT2D eigenvalue weighted by Gasteiger charge is -2.17. The van der Waals surface area contributed by atoms with Gasteiger partial charge in [0.2, 0.25) is 0 Å². The maximum Gasteiger partial charge on any atom is 0.338 e. The molecule has 4 rings (SSSR count). The second-order valence-corrected chi connectivity index (χ2v) is 9.03. The van der Waals surface area contributed by atoms with Gasteiger partial charge in [-0.25, -0.2) is 4.79 Å². The number of nitrogens with one attached hydrogen (secondary N) is 1. The van der Waals surface area contributed by atoms with E-state index in [4.69, 9.17) is 10.5 Å². The van der Waals surface area contributed by atoms with Gasteiger partial charge in [0, 0.05) is 30.0 Å². The van der Waals surface area contributed by atoms with E-state index in [1.54, 1.807) is 18.1 Å². The van der Waals surface area contributed by atoms with Crippen LogP contribution in [-0.2, 0) is 11.3 Å². The molecule has 0 aliphatic rings. The maximum atomic E-state index is 12.4. The molecule has 6 heteroatoms. The molecule has 168 valence electrons. The summed E-state index contributed by atoms with van der Waals surface area (Å²) in [6.07, 6.45) is 3.65. The number of fused-ring (bicyclic) bond motifs is 1. The van der Waals surface area contributed by atoms with E-state index in [1.807, 2.05) is 74.6 Å². The number of rotatable bonds is 8. The first-order valence-corrected chi connectivity index (χ1v) is 11.7. The van der Waals surface area contributed by atoms with Crippen molar-refractivity contribution in [1.29, 1.82) is 0 Å². The normalized spacial score (nSPS) is 11.8. The van der Waals surface area contributed by atoms with Gasteiger partial charge in [0.1, 0.15) is 6.61 Å². The van der Waals surface area contributed by atoms with Gasteiger partial charge in [-0.1, -0.05) is 48.0 Å². The Bertz CT molecular complexity index is 1260. The fourth-order valence-corrected chi connectivity index (χ4v) is 4.43. The SMILES string of the molecule is Cc1ccc(C(=O)OCc2ccc(C(CN)SNc3ccc4cnccc4c3)cc2)c(C)c1. The summed E-state index contributed by atoms with van der Waals surface area (Å²) < 4.78 is 8.93. The first-order valence-electron chi connectivity index (χ1n) is 10.8. The van der Waals surface area contributed by atoms with Crippen molar-refractivity contribution in [2.45, 2.75) is 25.7 Å². The van der Waals surface area contributed by atoms with Crippen molar-refractivity contribution in [2.24, 2.45) is 5.73 Å². The molecule has 3 aromatic carbocycles. The molecular weight excluding hydrogens is 430 g/mol. The van der Waals surface area contributed by atoms with Gasteiger partial charge in [-0.05, 0) is 72.1 Å². The van der Waals surface area contributed by atoms with E-state index in [1.165, 1.54) is 0 Å². The van der Waals surface area contributed by atoms with Crippen LogP contribution in [0, 0.1) is 13.8 Å². The molecule has 33 heavy (non-hydrogen) atoms. The van der Waals surface area contributed by atoms with Crippen LogP contribution in [0.5, 0.6) is 0 Å². The first kappa shape index (κ1) is 22.8. The molecule has 0 spiro atoms. The van der Waals surface area contributed by atoms with E-state index in [0.29, 0.717) is 12.1 Å². The summed E-state index contributed by atoms with van der Waals surface area (Å²) in [4.78, 5) is 16.6. The third-order valence-corrected chi connectivity index (χ3v) is 6.60. The highest BCUT2D eigenvalue weighted by atomic mass is 32.2. The van der Waals surface area contributed by atoms with Crippen molar-refractivity contribution in [3.05, 3.63) is 107 Å². The highest BCUT2D eigenvalue weighted by molar-refractivity contribution is 8.00. The number of nitrogens with zero attached hydrogens (tertiary/aromatic N) is 1. The Labute approximate surface area is 198 Å². The summed E-state index contributed by atoms with van der Waals surface area (Å²) in [6.45, 7) is 4.66. The van der Waals surface area contributed by atoms with Gasteiger partial charge in [-0.3, -0.25) is 4.98 Å². The third-order valence-electron chi connectivity index (χ3n) is 5.50. The Morgan fingerprint density at radius 2 is 1.85 bits per heavy atom. The largest absolute Gasteiger partial charge is 0.457 e. The molecule has 1 aromatic heterocycles. The predicted molar refractivity (Wildman–Crippen MR) is 136 cm³/mol. The molecule has 1 atom stereocenters. The molecule has 0 saturated heterocycles. The number of carbonyl (C=O) groups excluding carboxylic acids is 1. The predicted octanol–water partition coefficient (Wildman–Crippen LogP) is 5.97. The first-order chi connectivity index (χ1) is 16.0. The van der Waals surface area contributed by atoms with Crippen LogP contribution in [0.2, 0.25) is 0 Å². The van der Waals surface area contributed by atoms with Crippen molar-refractivity contribution in [1.82, 2.24) is 4.98 Å². The number of nitrogens with two attached hydrogens (primary N) is 1. The Morgan fingerprint density at radius 3 is 2.61 bits per heavy atom. The van der Waals surface area contributed by atoms with Crippen LogP contribution in [0.25, 0.3) is 10.8 Å². The van der Waals surface area contributed by atoms with E-state index in [9.17, 15) is 4.79 Å². The van der Waals surface area contributed by atoms with Crippen LogP contribution in [0.15, 0.2) is 79.1 Å². The quantitative estimate of drug-likeness (QED) is 0.251. The molecule has 0 saturated carbocycles. The van der Waals surface area contributed by atoms with Gasteiger partial charge in [-0.15, -0.1) is 0 Å². The molecule has 0 radical (unpaired) electrons. The van der Waals surface area contributed by atoms with Gasteiger partial charge < -0.3 is 15.2 Å². The molecule has 0 amide bonds. The zero-order valence-corrected chi connectivity index (χ0v) is 19.6. The van der Waals surface area contributed by atoms with E-state index < -0.39 is 0 Å². The number of ether oxygens (including phenoxy) is 1. The zero-order valence-electron chi connectivity index (χ0n) is 18.7. The fraction of sp³-hybridized carbons (Fsp3) is 0.185. The molecule has 3 N–H and O–H groups in total. The number of benzene rings is 3. The van der Waals surface area contributed by atoms with Gasteiger partial charge in [-0.2, -0.15) is 0 Å². The number of pyridine rings is 1. The van der Waals surface area contributed by atoms with E-state index in [-0.39, 0.29) is 17.8 Å². The van der Waals surface area contributed by atoms with Gasteiger partial charge in [0.05, 0.1) is 10.8 Å². The Hall–Kier alpha value is -3.35. The number of esters is 1. The Kier molecular flexibility index (Phi) is 7.27. The van der Waals surface area contributed by atoms with Crippen molar-refractivity contribution >= 4 is 34.4 Å². The van der Waals surface area contributed by atoms with Crippen molar-refractivity contribution in [3.8, 4) is 0 Å². The Balaban J connectivity index is 1.35. The van der Waals surface area contributed by atoms with Crippen LogP contribution in [-0.4, -0.2) is 17.5 Å². The molecule has 4 aromatic rings. The number of anilines is 1. The highest BCUT2D eigenvalue weighted by Gasteiger charge is 2.13. The fourth-order valence-electron chi connectivity index (χ4n) is 3.64. The average Bonchev–Trinajstić information content (AvgIpc) is 2.83. The summed E-state index contributed by atoms with van der Waals surface area (Å²) >= 11 is 1.58. The summed E-state index contributed by atoms with van der Waals surface area (Å²) in [5, 5.41) is 2.34. The molecule has 1 unspecified atom stereocenters. The van der Waals surface area contributed by atoms with Crippen LogP contribution in [0.1, 0.15) is 37.9 Å². The van der Waals surface area contributed by atoms with E-state index in [0.717, 1.165) is 38.7 Å². The highest BCUT2D eigenvalue weighted by Crippen LogP contribution is 2.30. The lowest BCUT2D eigenvalue weighted by Crippen LogP contribution is -2.11. The lowest BCUT2D eigenvalue weighted by atomic mass is 10.1. The van der Waals surface area contributed by atoms with Crippen molar-refractivity contribution < 1.29 is 9.53 Å². The minimum absolute atomic E-state index is 0.0879. The lowest BCUT2D eigenvalue weighted by molar-refractivity contribution is 0.0472. The van der Waals surface area contributed by atoms with Gasteiger partial charge in [0.15, 0.2) is 0 Å². The molecule has 0 fully saturated rings. The average molecular weight is 458 g/mol. The van der Waals surface area contributed by atoms with E-state index >= 15 is 0 Å². The number of hydrogen-bond donors (Lipinski definition) is 2. The summed E-state index contributed by atoms with van der Waals surface area (Å²) in [7, 11) is 0. The van der Waals surface area contributed by atoms with Crippen molar-refractivity contribution in [3.63, 3.8) is 0 Å². The minimum Gasteiger partial charge on any atom is -0.457 e. The molecule has 5 nitrogen and oxygen atoms in total. The molecule has 1 heterocycles. The molecule has 0 aliphatic carbocycles. The van der Waals surface area contributed by atoms with E-state index in [2.05, 4.69) is 21.8 Å². The second-order valence-electron chi connectivity index (χ2n) is 8.02.